The predicted molar refractivity (Wildman–Crippen MR) is 85.8 cm³/mol. The monoisotopic (exact) mass is 309 g/mol. The first-order chi connectivity index (χ1) is 10.1. The Labute approximate surface area is 131 Å². The van der Waals surface area contributed by atoms with Gasteiger partial charge in [0.25, 0.3) is 5.91 Å². The summed E-state index contributed by atoms with van der Waals surface area (Å²) in [7, 11) is 0. The van der Waals surface area contributed by atoms with Gasteiger partial charge in [-0.3, -0.25) is 9.78 Å². The first-order valence-electron chi connectivity index (χ1n) is 7.72. The first kappa shape index (κ1) is 16.2. The largest absolute Gasteiger partial charge is 0.352 e. The maximum absolute atomic E-state index is 12.0. The van der Waals surface area contributed by atoms with Crippen molar-refractivity contribution >= 4 is 17.5 Å². The van der Waals surface area contributed by atoms with E-state index in [1.165, 1.54) is 25.8 Å². The number of aromatic nitrogens is 1. The third-order valence-electron chi connectivity index (χ3n) is 4.08. The van der Waals surface area contributed by atoms with Gasteiger partial charge in [0, 0.05) is 31.0 Å². The normalized spacial score (nSPS) is 19.5. The van der Waals surface area contributed by atoms with Crippen molar-refractivity contribution in [3.05, 3.63) is 28.5 Å². The fourth-order valence-corrected chi connectivity index (χ4v) is 3.06. The van der Waals surface area contributed by atoms with E-state index >= 15 is 0 Å². The number of aryl methyl sites for hydroxylation is 1. The molecule has 2 heterocycles. The standard InChI is InChI=1S/C16H24ClN3O/c1-12-10-15(17)14(11-19-12)16(21)18-7-5-9-20-8-4-3-6-13(20)2/h10-11,13H,3-9H2,1-2H3,(H,18,21). The van der Waals surface area contributed by atoms with Crippen molar-refractivity contribution in [1.82, 2.24) is 15.2 Å². The van der Waals surface area contributed by atoms with Gasteiger partial charge >= 0.3 is 0 Å². The van der Waals surface area contributed by atoms with Gasteiger partial charge in [-0.1, -0.05) is 18.0 Å². The quantitative estimate of drug-likeness (QED) is 0.850. The third kappa shape index (κ3) is 4.68. The number of piperidine rings is 1. The summed E-state index contributed by atoms with van der Waals surface area (Å²) in [4.78, 5) is 18.7. The number of carbonyl (C=O) groups excluding carboxylic acids is 1. The summed E-state index contributed by atoms with van der Waals surface area (Å²) in [6, 6.07) is 2.39. The molecule has 1 atom stereocenters. The van der Waals surface area contributed by atoms with E-state index in [0.29, 0.717) is 23.2 Å². The topological polar surface area (TPSA) is 45.2 Å². The van der Waals surface area contributed by atoms with Gasteiger partial charge < -0.3 is 10.2 Å². The van der Waals surface area contributed by atoms with E-state index in [-0.39, 0.29) is 5.91 Å². The van der Waals surface area contributed by atoms with Crippen molar-refractivity contribution in [3.8, 4) is 0 Å². The molecule has 1 aromatic rings. The number of halogens is 1. The summed E-state index contributed by atoms with van der Waals surface area (Å²) in [5, 5.41) is 3.39. The lowest BCUT2D eigenvalue weighted by Crippen LogP contribution is -2.39. The number of pyridine rings is 1. The zero-order valence-electron chi connectivity index (χ0n) is 12.9. The minimum absolute atomic E-state index is 0.140. The van der Waals surface area contributed by atoms with Crippen LogP contribution in [0.5, 0.6) is 0 Å². The van der Waals surface area contributed by atoms with Crippen LogP contribution in [-0.4, -0.2) is 41.5 Å². The number of carbonyl (C=O) groups is 1. The molecule has 1 N–H and O–H groups in total. The Morgan fingerprint density at radius 1 is 1.52 bits per heavy atom. The molecule has 1 aliphatic rings. The molecule has 1 saturated heterocycles. The van der Waals surface area contributed by atoms with Crippen LogP contribution in [0.2, 0.25) is 5.02 Å². The lowest BCUT2D eigenvalue weighted by Gasteiger charge is -2.33. The van der Waals surface area contributed by atoms with Gasteiger partial charge in [0.05, 0.1) is 10.6 Å². The van der Waals surface area contributed by atoms with E-state index < -0.39 is 0 Å². The Morgan fingerprint density at radius 3 is 3.05 bits per heavy atom. The van der Waals surface area contributed by atoms with Gasteiger partial charge in [0.15, 0.2) is 0 Å². The molecule has 1 aromatic heterocycles. The molecule has 0 spiro atoms. The number of amides is 1. The highest BCUT2D eigenvalue weighted by molar-refractivity contribution is 6.33. The molecule has 1 unspecified atom stereocenters. The van der Waals surface area contributed by atoms with Crippen LogP contribution < -0.4 is 5.32 Å². The minimum Gasteiger partial charge on any atom is -0.352 e. The van der Waals surface area contributed by atoms with E-state index in [2.05, 4.69) is 22.1 Å². The Balaban J connectivity index is 1.74. The van der Waals surface area contributed by atoms with Gasteiger partial charge in [0.1, 0.15) is 0 Å². The molecule has 0 aromatic carbocycles. The Morgan fingerprint density at radius 2 is 2.33 bits per heavy atom. The summed E-state index contributed by atoms with van der Waals surface area (Å²) >= 11 is 6.07. The molecule has 1 fully saturated rings. The van der Waals surface area contributed by atoms with Crippen LogP contribution >= 0.6 is 11.6 Å². The highest BCUT2D eigenvalue weighted by Gasteiger charge is 2.17. The molecule has 0 bridgehead atoms. The van der Waals surface area contributed by atoms with Crippen molar-refractivity contribution in [2.45, 2.75) is 45.6 Å². The average Bonchev–Trinajstić information content (AvgIpc) is 2.45. The molecule has 4 nitrogen and oxygen atoms in total. The van der Waals surface area contributed by atoms with E-state index in [0.717, 1.165) is 18.7 Å². The Bertz CT molecular complexity index is 492. The van der Waals surface area contributed by atoms with E-state index in [1.807, 2.05) is 6.92 Å². The van der Waals surface area contributed by atoms with Gasteiger partial charge in [-0.15, -0.1) is 0 Å². The third-order valence-corrected chi connectivity index (χ3v) is 4.40. The maximum atomic E-state index is 12.0. The Kier molecular flexibility index (Phi) is 6.00. The number of nitrogens with zero attached hydrogens (tertiary/aromatic N) is 2. The fraction of sp³-hybridized carbons (Fsp3) is 0.625. The molecule has 1 aliphatic heterocycles. The smallest absolute Gasteiger partial charge is 0.254 e. The first-order valence-corrected chi connectivity index (χ1v) is 8.10. The summed E-state index contributed by atoms with van der Waals surface area (Å²) in [6.45, 7) is 7.04. The molecular formula is C16H24ClN3O. The van der Waals surface area contributed by atoms with E-state index in [4.69, 9.17) is 11.6 Å². The van der Waals surface area contributed by atoms with Crippen LogP contribution in [0.15, 0.2) is 12.3 Å². The SMILES string of the molecule is Cc1cc(Cl)c(C(=O)NCCCN2CCCCC2C)cn1. The van der Waals surface area contributed by atoms with Crippen LogP contribution in [0.25, 0.3) is 0 Å². The van der Waals surface area contributed by atoms with Crippen molar-refractivity contribution in [3.63, 3.8) is 0 Å². The summed E-state index contributed by atoms with van der Waals surface area (Å²) in [6.07, 6.45) is 6.43. The van der Waals surface area contributed by atoms with Gasteiger partial charge in [-0.2, -0.15) is 0 Å². The molecule has 5 heteroatoms. The lowest BCUT2D eigenvalue weighted by molar-refractivity contribution is 0.0948. The van der Waals surface area contributed by atoms with Crippen molar-refractivity contribution < 1.29 is 4.79 Å². The molecule has 2 rings (SSSR count). The second-order valence-corrected chi connectivity index (χ2v) is 6.20. The van der Waals surface area contributed by atoms with E-state index in [9.17, 15) is 4.79 Å². The van der Waals surface area contributed by atoms with Gasteiger partial charge in [-0.05, 0) is 45.7 Å². The van der Waals surface area contributed by atoms with Crippen LogP contribution in [-0.2, 0) is 0 Å². The summed E-state index contributed by atoms with van der Waals surface area (Å²) in [5.41, 5.74) is 1.27. The Hall–Kier alpha value is -1.13. The molecule has 0 aliphatic carbocycles. The van der Waals surface area contributed by atoms with E-state index in [1.54, 1.807) is 12.3 Å². The molecule has 116 valence electrons. The minimum atomic E-state index is -0.140. The van der Waals surface area contributed by atoms with Crippen molar-refractivity contribution in [2.24, 2.45) is 0 Å². The number of hydrogen-bond donors (Lipinski definition) is 1. The fourth-order valence-electron chi connectivity index (χ4n) is 2.76. The van der Waals surface area contributed by atoms with Crippen LogP contribution in [0.1, 0.15) is 48.7 Å². The van der Waals surface area contributed by atoms with Crippen LogP contribution in [0.3, 0.4) is 0 Å². The number of nitrogens with one attached hydrogen (secondary N) is 1. The molecule has 0 saturated carbocycles. The second-order valence-electron chi connectivity index (χ2n) is 5.80. The van der Waals surface area contributed by atoms with Crippen LogP contribution in [0, 0.1) is 6.92 Å². The summed E-state index contributed by atoms with van der Waals surface area (Å²) < 4.78 is 0. The molecule has 0 radical (unpaired) electrons. The zero-order chi connectivity index (χ0) is 15.2. The number of likely N-dealkylation sites (tertiary alicyclic amines) is 1. The van der Waals surface area contributed by atoms with Crippen LogP contribution in [0.4, 0.5) is 0 Å². The van der Waals surface area contributed by atoms with Crippen molar-refractivity contribution in [2.75, 3.05) is 19.6 Å². The maximum Gasteiger partial charge on any atom is 0.254 e. The highest BCUT2D eigenvalue weighted by Crippen LogP contribution is 2.17. The lowest BCUT2D eigenvalue weighted by atomic mass is 10.0. The second kappa shape index (κ2) is 7.76. The highest BCUT2D eigenvalue weighted by atomic mass is 35.5. The number of rotatable bonds is 5. The van der Waals surface area contributed by atoms with Crippen molar-refractivity contribution in [1.29, 1.82) is 0 Å². The molecular weight excluding hydrogens is 286 g/mol. The average molecular weight is 310 g/mol. The number of hydrogen-bond acceptors (Lipinski definition) is 3. The predicted octanol–water partition coefficient (Wildman–Crippen LogP) is 3.04. The van der Waals surface area contributed by atoms with Gasteiger partial charge in [0.2, 0.25) is 0 Å². The molecule has 21 heavy (non-hydrogen) atoms. The summed E-state index contributed by atoms with van der Waals surface area (Å²) in [5.74, 6) is -0.140. The molecule has 1 amide bonds. The van der Waals surface area contributed by atoms with Gasteiger partial charge in [-0.25, -0.2) is 0 Å². The zero-order valence-corrected chi connectivity index (χ0v) is 13.6.